The number of rotatable bonds is 4. The zero-order valence-corrected chi connectivity index (χ0v) is 9.74. The molecule has 0 saturated carbocycles. The summed E-state index contributed by atoms with van der Waals surface area (Å²) in [6.45, 7) is 5.37. The zero-order chi connectivity index (χ0) is 10.6. The van der Waals surface area contributed by atoms with Gasteiger partial charge in [-0.05, 0) is 19.9 Å². The molecule has 1 aromatic rings. The summed E-state index contributed by atoms with van der Waals surface area (Å²) in [5, 5.41) is 4.21. The zero-order valence-electron chi connectivity index (χ0n) is 8.23. The van der Waals surface area contributed by atoms with Gasteiger partial charge >= 0.3 is 0 Å². The third-order valence-electron chi connectivity index (χ3n) is 1.69. The molecule has 0 amide bonds. The third-order valence-corrected chi connectivity index (χ3v) is 2.41. The molecule has 0 atom stereocenters. The van der Waals surface area contributed by atoms with Crippen LogP contribution in [0.5, 0.6) is 5.75 Å². The van der Waals surface area contributed by atoms with Crippen LogP contribution in [-0.2, 0) is 0 Å². The first-order valence-electron chi connectivity index (χ1n) is 4.54. The second-order valence-electron chi connectivity index (χ2n) is 2.73. The van der Waals surface area contributed by atoms with Crippen molar-refractivity contribution in [3.05, 3.63) is 22.2 Å². The predicted molar refractivity (Wildman–Crippen MR) is 61.8 cm³/mol. The maximum atomic E-state index is 5.89. The third kappa shape index (κ3) is 2.69. The van der Waals surface area contributed by atoms with Gasteiger partial charge in [-0.25, -0.2) is 0 Å². The van der Waals surface area contributed by atoms with Crippen LogP contribution in [0.25, 0.3) is 0 Å². The molecule has 0 fully saturated rings. The Morgan fingerprint density at radius 2 is 1.86 bits per heavy atom. The lowest BCUT2D eigenvalue weighted by atomic mass is 10.3. The predicted octanol–water partition coefficient (Wildman–Crippen LogP) is 3.82. The monoisotopic (exact) mass is 233 g/mol. The van der Waals surface area contributed by atoms with Crippen LogP contribution in [0.15, 0.2) is 12.1 Å². The highest BCUT2D eigenvalue weighted by Gasteiger charge is 2.07. The van der Waals surface area contributed by atoms with Crippen LogP contribution in [0.2, 0.25) is 10.0 Å². The van der Waals surface area contributed by atoms with Crippen LogP contribution in [-0.4, -0.2) is 13.2 Å². The molecule has 0 aliphatic heterocycles. The van der Waals surface area contributed by atoms with Crippen LogP contribution >= 0.6 is 23.2 Å². The van der Waals surface area contributed by atoms with Crippen LogP contribution in [0.3, 0.4) is 0 Å². The maximum absolute atomic E-state index is 5.89. The highest BCUT2D eigenvalue weighted by molar-refractivity contribution is 6.42. The van der Waals surface area contributed by atoms with Crippen molar-refractivity contribution in [2.75, 3.05) is 18.5 Å². The minimum atomic E-state index is 0.511. The number of hydrogen-bond donors (Lipinski definition) is 1. The number of ether oxygens (including phenoxy) is 1. The summed E-state index contributed by atoms with van der Waals surface area (Å²) in [6, 6.07) is 3.50. The minimum absolute atomic E-state index is 0.511. The normalized spacial score (nSPS) is 10.0. The molecule has 1 rings (SSSR count). The van der Waals surface area contributed by atoms with E-state index in [1.54, 1.807) is 12.1 Å². The number of benzene rings is 1. The lowest BCUT2D eigenvalue weighted by molar-refractivity contribution is 0.342. The Kier molecular flexibility index (Phi) is 4.36. The number of halogens is 2. The van der Waals surface area contributed by atoms with E-state index >= 15 is 0 Å². The van der Waals surface area contributed by atoms with Gasteiger partial charge in [0.05, 0.1) is 22.3 Å². The molecule has 0 heterocycles. The summed E-state index contributed by atoms with van der Waals surface area (Å²) in [6.07, 6.45) is 0. The van der Waals surface area contributed by atoms with Gasteiger partial charge in [0.15, 0.2) is 0 Å². The summed E-state index contributed by atoms with van der Waals surface area (Å²) >= 11 is 11.8. The molecule has 0 saturated heterocycles. The Balaban J connectivity index is 3.03. The summed E-state index contributed by atoms with van der Waals surface area (Å²) in [4.78, 5) is 0. The molecule has 78 valence electrons. The first kappa shape index (κ1) is 11.5. The SMILES string of the molecule is CCNc1cc(Cl)c(Cl)cc1OCC. The van der Waals surface area contributed by atoms with Gasteiger partial charge < -0.3 is 10.1 Å². The van der Waals surface area contributed by atoms with Gasteiger partial charge in [0.1, 0.15) is 5.75 Å². The number of hydrogen-bond acceptors (Lipinski definition) is 2. The maximum Gasteiger partial charge on any atom is 0.143 e. The van der Waals surface area contributed by atoms with Gasteiger partial charge in [-0.1, -0.05) is 23.2 Å². The van der Waals surface area contributed by atoms with Crippen molar-refractivity contribution in [1.29, 1.82) is 0 Å². The molecule has 2 nitrogen and oxygen atoms in total. The summed E-state index contributed by atoms with van der Waals surface area (Å²) in [5.41, 5.74) is 0.878. The Morgan fingerprint density at radius 3 is 2.43 bits per heavy atom. The molecule has 4 heteroatoms. The summed E-state index contributed by atoms with van der Waals surface area (Å²) in [7, 11) is 0. The molecule has 0 spiro atoms. The fraction of sp³-hybridized carbons (Fsp3) is 0.400. The lowest BCUT2D eigenvalue weighted by Gasteiger charge is -2.12. The highest BCUT2D eigenvalue weighted by Crippen LogP contribution is 2.34. The van der Waals surface area contributed by atoms with E-state index in [1.807, 2.05) is 13.8 Å². The molecule has 0 aliphatic carbocycles. The van der Waals surface area contributed by atoms with Crippen molar-refractivity contribution in [3.63, 3.8) is 0 Å². The van der Waals surface area contributed by atoms with Gasteiger partial charge in [-0.15, -0.1) is 0 Å². The molecule has 1 aromatic carbocycles. The Bertz CT molecular complexity index is 284. The van der Waals surface area contributed by atoms with E-state index in [2.05, 4.69) is 5.32 Å². The van der Waals surface area contributed by atoms with E-state index in [-0.39, 0.29) is 0 Å². The fourth-order valence-corrected chi connectivity index (χ4v) is 1.45. The Labute approximate surface area is 94.2 Å². The molecule has 0 aliphatic rings. The molecule has 0 unspecified atom stereocenters. The standard InChI is InChI=1S/C10H13Cl2NO/c1-3-13-9-5-7(11)8(12)6-10(9)14-4-2/h5-6,13H,3-4H2,1-2H3. The first-order valence-corrected chi connectivity index (χ1v) is 5.30. The molecular formula is C10H13Cl2NO. The van der Waals surface area contributed by atoms with Gasteiger partial charge in [-0.3, -0.25) is 0 Å². The smallest absolute Gasteiger partial charge is 0.143 e. The van der Waals surface area contributed by atoms with Crippen molar-refractivity contribution in [2.24, 2.45) is 0 Å². The van der Waals surface area contributed by atoms with E-state index in [9.17, 15) is 0 Å². The molecule has 14 heavy (non-hydrogen) atoms. The number of nitrogens with one attached hydrogen (secondary N) is 1. The Hall–Kier alpha value is -0.600. The molecule has 0 aromatic heterocycles. The van der Waals surface area contributed by atoms with Crippen LogP contribution < -0.4 is 10.1 Å². The minimum Gasteiger partial charge on any atom is -0.492 e. The van der Waals surface area contributed by atoms with E-state index < -0.39 is 0 Å². The van der Waals surface area contributed by atoms with E-state index in [0.717, 1.165) is 18.0 Å². The van der Waals surface area contributed by atoms with E-state index in [1.165, 1.54) is 0 Å². The fourth-order valence-electron chi connectivity index (χ4n) is 1.13. The van der Waals surface area contributed by atoms with E-state index in [0.29, 0.717) is 16.7 Å². The summed E-state index contributed by atoms with van der Waals surface area (Å²) in [5.74, 6) is 0.740. The molecule has 0 radical (unpaired) electrons. The first-order chi connectivity index (χ1) is 6.69. The van der Waals surface area contributed by atoms with Crippen LogP contribution in [0, 0.1) is 0 Å². The van der Waals surface area contributed by atoms with Crippen molar-refractivity contribution >= 4 is 28.9 Å². The Morgan fingerprint density at radius 1 is 1.21 bits per heavy atom. The van der Waals surface area contributed by atoms with E-state index in [4.69, 9.17) is 27.9 Å². The second-order valence-corrected chi connectivity index (χ2v) is 3.54. The highest BCUT2D eigenvalue weighted by atomic mass is 35.5. The van der Waals surface area contributed by atoms with Crippen molar-refractivity contribution in [1.82, 2.24) is 0 Å². The van der Waals surface area contributed by atoms with Crippen molar-refractivity contribution < 1.29 is 4.74 Å². The molecule has 1 N–H and O–H groups in total. The van der Waals surface area contributed by atoms with Crippen LogP contribution in [0.1, 0.15) is 13.8 Å². The molecule has 0 bridgehead atoms. The average molecular weight is 234 g/mol. The second kappa shape index (κ2) is 5.32. The lowest BCUT2D eigenvalue weighted by Crippen LogP contribution is -2.01. The molecular weight excluding hydrogens is 221 g/mol. The average Bonchev–Trinajstić information content (AvgIpc) is 2.14. The van der Waals surface area contributed by atoms with Gasteiger partial charge in [0, 0.05) is 12.6 Å². The van der Waals surface area contributed by atoms with Crippen molar-refractivity contribution in [2.45, 2.75) is 13.8 Å². The number of anilines is 1. The van der Waals surface area contributed by atoms with Crippen molar-refractivity contribution in [3.8, 4) is 5.75 Å². The summed E-state index contributed by atoms with van der Waals surface area (Å²) < 4.78 is 5.42. The van der Waals surface area contributed by atoms with Crippen LogP contribution in [0.4, 0.5) is 5.69 Å². The van der Waals surface area contributed by atoms with Gasteiger partial charge in [-0.2, -0.15) is 0 Å². The van der Waals surface area contributed by atoms with Gasteiger partial charge in [0.25, 0.3) is 0 Å². The van der Waals surface area contributed by atoms with Gasteiger partial charge in [0.2, 0.25) is 0 Å². The topological polar surface area (TPSA) is 21.3 Å². The quantitative estimate of drug-likeness (QED) is 0.854. The largest absolute Gasteiger partial charge is 0.492 e.